The molecule has 3 heterocycles. The highest BCUT2D eigenvalue weighted by Crippen LogP contribution is 2.17. The molecule has 0 spiro atoms. The van der Waals surface area contributed by atoms with Crippen molar-refractivity contribution >= 4 is 29.7 Å². The molecule has 1 aliphatic heterocycles. The number of Topliss-reactive ketones (excluding diaryl/α,β-unsaturated/α-hetero) is 1. The molecule has 15 nitrogen and oxygen atoms in total. The first kappa shape index (κ1) is 35.3. The predicted octanol–water partition coefficient (Wildman–Crippen LogP) is 0.419. The number of allylic oxidation sites excluding steroid dienone is 2. The zero-order valence-electron chi connectivity index (χ0n) is 26.1. The first-order chi connectivity index (χ1) is 21.8. The highest BCUT2D eigenvalue weighted by molar-refractivity contribution is 6.08. The fourth-order valence-electron chi connectivity index (χ4n) is 4.74. The maximum atomic E-state index is 13.3. The third kappa shape index (κ3) is 9.39. The van der Waals surface area contributed by atoms with Gasteiger partial charge in [0.05, 0.1) is 23.0 Å². The monoisotopic (exact) mass is 640 g/mol. The Bertz CT molecular complexity index is 1660. The first-order valence-corrected chi connectivity index (χ1v) is 14.9. The van der Waals surface area contributed by atoms with Crippen LogP contribution in [0.4, 0.5) is 0 Å². The van der Waals surface area contributed by atoms with Crippen LogP contribution >= 0.6 is 0 Å². The molecule has 15 heteroatoms. The van der Waals surface area contributed by atoms with Crippen molar-refractivity contribution in [3.05, 3.63) is 67.8 Å². The summed E-state index contributed by atoms with van der Waals surface area (Å²) in [6.07, 6.45) is 5.51. The Morgan fingerprint density at radius 2 is 1.35 bits per heavy atom. The molecule has 2 aromatic heterocycles. The summed E-state index contributed by atoms with van der Waals surface area (Å²) in [6.45, 7) is 5.47. The van der Waals surface area contributed by atoms with Crippen LogP contribution in [0.5, 0.6) is 11.5 Å². The second kappa shape index (κ2) is 16.2. The van der Waals surface area contributed by atoms with E-state index in [1.54, 1.807) is 4.90 Å². The number of aliphatic imine (C=N–C) groups is 1. The highest BCUT2D eigenvalue weighted by Gasteiger charge is 2.27. The average Bonchev–Trinajstić information content (AvgIpc) is 3.02. The van der Waals surface area contributed by atoms with Crippen LogP contribution < -0.4 is 21.5 Å². The van der Waals surface area contributed by atoms with Crippen molar-refractivity contribution in [3.8, 4) is 11.5 Å². The maximum absolute atomic E-state index is 13.3. The van der Waals surface area contributed by atoms with Crippen molar-refractivity contribution in [3.63, 3.8) is 0 Å². The topological polar surface area (TPSA) is 213 Å². The van der Waals surface area contributed by atoms with Crippen molar-refractivity contribution in [2.24, 2.45) is 10.9 Å². The zero-order chi connectivity index (χ0) is 34.0. The Labute approximate surface area is 264 Å². The molecule has 0 radical (unpaired) electrons. The van der Waals surface area contributed by atoms with Gasteiger partial charge in [0, 0.05) is 63.3 Å². The molecule has 3 amide bonds. The first-order valence-electron chi connectivity index (χ1n) is 14.9. The van der Waals surface area contributed by atoms with E-state index in [2.05, 4.69) is 15.6 Å². The van der Waals surface area contributed by atoms with E-state index in [4.69, 9.17) is 0 Å². The van der Waals surface area contributed by atoms with E-state index in [1.165, 1.54) is 60.6 Å². The molecule has 3 rings (SSSR count). The number of rotatable bonds is 15. The van der Waals surface area contributed by atoms with Gasteiger partial charge in [0.1, 0.15) is 13.1 Å². The number of ketones is 1. The van der Waals surface area contributed by atoms with Gasteiger partial charge in [-0.2, -0.15) is 0 Å². The van der Waals surface area contributed by atoms with E-state index in [0.717, 1.165) is 0 Å². The minimum absolute atomic E-state index is 0.109. The lowest BCUT2D eigenvalue weighted by Crippen LogP contribution is -2.38. The number of aliphatic hydroxyl groups is 1. The van der Waals surface area contributed by atoms with Gasteiger partial charge in [-0.1, -0.05) is 0 Å². The molecular weight excluding hydrogens is 600 g/mol. The van der Waals surface area contributed by atoms with Gasteiger partial charge < -0.3 is 40.0 Å². The van der Waals surface area contributed by atoms with E-state index in [9.17, 15) is 44.1 Å². The number of nitrogens with zero attached hydrogens (tertiary/aromatic N) is 4. The van der Waals surface area contributed by atoms with E-state index >= 15 is 0 Å². The lowest BCUT2D eigenvalue weighted by Gasteiger charge is -2.24. The van der Waals surface area contributed by atoms with Crippen LogP contribution in [0, 0.1) is 19.8 Å². The van der Waals surface area contributed by atoms with Crippen molar-refractivity contribution in [1.29, 1.82) is 0 Å². The molecule has 1 atom stereocenters. The maximum Gasteiger partial charge on any atom is 0.242 e. The number of aromatic hydroxyl groups is 2. The molecule has 1 unspecified atom stereocenters. The Morgan fingerprint density at radius 3 is 1.98 bits per heavy atom. The Hall–Kier alpha value is -5.21. The third-order valence-electron chi connectivity index (χ3n) is 7.67. The Balaban J connectivity index is 1.51. The summed E-state index contributed by atoms with van der Waals surface area (Å²) < 4.78 is 2.92. The van der Waals surface area contributed by atoms with Gasteiger partial charge >= 0.3 is 0 Å². The highest BCUT2D eigenvalue weighted by atomic mass is 16.3. The van der Waals surface area contributed by atoms with Crippen LogP contribution in [-0.4, -0.2) is 85.3 Å². The fraction of sp³-hybridized carbons (Fsp3) is 0.452. The largest absolute Gasteiger partial charge is 0.503 e. The average molecular weight is 641 g/mol. The summed E-state index contributed by atoms with van der Waals surface area (Å²) >= 11 is 0. The number of pyridine rings is 2. The number of nitrogens with one attached hydrogen (secondary N) is 2. The summed E-state index contributed by atoms with van der Waals surface area (Å²) in [5.74, 6) is -3.68. The van der Waals surface area contributed by atoms with Gasteiger partial charge in [-0.15, -0.1) is 0 Å². The van der Waals surface area contributed by atoms with Crippen molar-refractivity contribution < 1.29 is 34.5 Å². The van der Waals surface area contributed by atoms with E-state index in [-0.39, 0.29) is 67.4 Å². The van der Waals surface area contributed by atoms with Crippen LogP contribution in [0.25, 0.3) is 0 Å². The molecule has 1 aliphatic rings. The second-order valence-electron chi connectivity index (χ2n) is 11.0. The summed E-state index contributed by atoms with van der Waals surface area (Å²) in [5.41, 5.74) is -0.360. The van der Waals surface area contributed by atoms with Crippen LogP contribution in [0.3, 0.4) is 0 Å². The number of carbonyl (C=O) groups excluding carboxylic acids is 4. The van der Waals surface area contributed by atoms with Crippen LogP contribution in [0.15, 0.2) is 50.6 Å². The summed E-state index contributed by atoms with van der Waals surface area (Å²) in [7, 11) is 0. The second-order valence-corrected chi connectivity index (χ2v) is 11.0. The molecular formula is C31H40N6O9. The number of hydrogen-bond acceptors (Lipinski definition) is 10. The minimum atomic E-state index is -0.832. The van der Waals surface area contributed by atoms with Crippen molar-refractivity contribution in [2.45, 2.75) is 59.5 Å². The van der Waals surface area contributed by atoms with E-state index < -0.39 is 39.8 Å². The van der Waals surface area contributed by atoms with Gasteiger partial charge in [0.15, 0.2) is 17.3 Å². The van der Waals surface area contributed by atoms with Gasteiger partial charge in [0.25, 0.3) is 0 Å². The number of aliphatic hydroxyl groups excluding tert-OH is 1. The number of unbranched alkanes of at least 4 members (excludes halogenated alkanes) is 1. The molecule has 248 valence electrons. The molecule has 0 bridgehead atoms. The Kier molecular flexibility index (Phi) is 12.4. The molecule has 0 saturated carbocycles. The number of amides is 3. The standard InChI is InChI=1S/C31H40N6O9/c1-19-28(43)31(46)22(16-34-19)15-25(40)32-9-4-5-11-35(27(42)18-37-14-8-24(39)30(45)21(37)3)12-6-10-33-26(41)17-36-13-7-23(38)29(44)20(36)2/h7-8,13-14,16,22,43-45H,4-6,9-12,15,17-18H2,1-3H3,(H,32,40)(H,33,41). The van der Waals surface area contributed by atoms with Gasteiger partial charge in [-0.05, 0) is 40.0 Å². The molecule has 0 aromatic carbocycles. The van der Waals surface area contributed by atoms with Crippen molar-refractivity contribution in [2.75, 3.05) is 26.2 Å². The lowest BCUT2D eigenvalue weighted by molar-refractivity contribution is -0.132. The fourth-order valence-corrected chi connectivity index (χ4v) is 4.74. The summed E-state index contributed by atoms with van der Waals surface area (Å²) in [5, 5.41) is 35.1. The van der Waals surface area contributed by atoms with Gasteiger partial charge in [-0.25, -0.2) is 0 Å². The Morgan fingerprint density at radius 1 is 0.804 bits per heavy atom. The molecule has 5 N–H and O–H groups in total. The normalized spacial score (nSPS) is 14.3. The van der Waals surface area contributed by atoms with Crippen LogP contribution in [0.2, 0.25) is 0 Å². The smallest absolute Gasteiger partial charge is 0.242 e. The SMILES string of the molecule is CC1=C(O)C(=O)C(CC(=O)NCCCCN(CCCNC(=O)Cn2ccc(=O)c(O)c2C)C(=O)Cn2ccc(=O)c(O)c2C)C=N1. The third-order valence-corrected chi connectivity index (χ3v) is 7.67. The van der Waals surface area contributed by atoms with E-state index in [0.29, 0.717) is 32.4 Å². The van der Waals surface area contributed by atoms with E-state index in [1.807, 2.05) is 0 Å². The molecule has 0 saturated heterocycles. The summed E-state index contributed by atoms with van der Waals surface area (Å²) in [4.78, 5) is 79.0. The summed E-state index contributed by atoms with van der Waals surface area (Å²) in [6, 6.07) is 2.35. The van der Waals surface area contributed by atoms with Gasteiger partial charge in [0.2, 0.25) is 34.4 Å². The van der Waals surface area contributed by atoms with Crippen LogP contribution in [-0.2, 0) is 32.3 Å². The van der Waals surface area contributed by atoms with Gasteiger partial charge in [-0.3, -0.25) is 33.8 Å². The number of aromatic nitrogens is 2. The predicted molar refractivity (Wildman–Crippen MR) is 168 cm³/mol. The molecule has 0 aliphatic carbocycles. The number of carbonyl (C=O) groups is 4. The molecule has 46 heavy (non-hydrogen) atoms. The molecule has 2 aromatic rings. The lowest BCUT2D eigenvalue weighted by atomic mass is 9.97. The van der Waals surface area contributed by atoms with Crippen molar-refractivity contribution in [1.82, 2.24) is 24.7 Å². The molecule has 0 fully saturated rings. The van der Waals surface area contributed by atoms with Crippen LogP contribution in [0.1, 0.15) is 44.0 Å². The number of hydrogen-bond donors (Lipinski definition) is 5. The zero-order valence-corrected chi connectivity index (χ0v) is 26.1. The quantitative estimate of drug-likeness (QED) is 0.170. The minimum Gasteiger partial charge on any atom is -0.503 e.